The molecule has 0 heterocycles. The van der Waals surface area contributed by atoms with Gasteiger partial charge in [-0.25, -0.2) is 8.42 Å². The molecule has 8 heteroatoms. The summed E-state index contributed by atoms with van der Waals surface area (Å²) in [6.07, 6.45) is 0.704. The molecule has 1 aromatic carbocycles. The number of benzene rings is 1. The van der Waals surface area contributed by atoms with Gasteiger partial charge in [-0.3, -0.25) is 4.79 Å². The van der Waals surface area contributed by atoms with Crippen LogP contribution in [0.15, 0.2) is 21.5 Å². The number of aryl methyl sites for hydroxylation is 1. The first-order valence-corrected chi connectivity index (χ1v) is 9.35. The van der Waals surface area contributed by atoms with Crippen LogP contribution in [-0.2, 0) is 13.8 Å². The van der Waals surface area contributed by atoms with Gasteiger partial charge in [0.1, 0.15) is 0 Å². The second kappa shape index (κ2) is 7.58. The lowest BCUT2D eigenvalue weighted by Crippen LogP contribution is -2.37. The first-order chi connectivity index (χ1) is 9.70. The maximum atomic E-state index is 12.2. The summed E-state index contributed by atoms with van der Waals surface area (Å²) < 4.78 is 28.5. The molecule has 0 saturated heterocycles. The summed E-state index contributed by atoms with van der Waals surface area (Å²) in [6, 6.07) is 2.72. The number of ether oxygens (including phenoxy) is 1. The zero-order valence-electron chi connectivity index (χ0n) is 11.9. The zero-order valence-corrected chi connectivity index (χ0v) is 15.1. The van der Waals surface area contributed by atoms with Gasteiger partial charge in [-0.15, -0.1) is 0 Å². The summed E-state index contributed by atoms with van der Waals surface area (Å²) in [5.74, 6) is -0.365. The summed E-state index contributed by atoms with van der Waals surface area (Å²) >= 11 is 3.17. The number of hydrogen-bond acceptors (Lipinski definition) is 4. The van der Waals surface area contributed by atoms with Gasteiger partial charge in [-0.1, -0.05) is 6.92 Å². The van der Waals surface area contributed by atoms with Crippen LogP contribution in [0.3, 0.4) is 0 Å². The van der Waals surface area contributed by atoms with E-state index in [1.165, 1.54) is 6.07 Å². The summed E-state index contributed by atoms with van der Waals surface area (Å²) in [7, 11) is 3.00. The fourth-order valence-corrected chi connectivity index (χ4v) is 3.93. The number of carbonyl (C=O) groups excluding carboxylic acids is 1. The van der Waals surface area contributed by atoms with Crippen LogP contribution in [0.1, 0.15) is 29.3 Å². The number of halogens is 2. The van der Waals surface area contributed by atoms with Gasteiger partial charge in [0.25, 0.3) is 15.0 Å². The SMILES string of the molecule is CCC(COC)NC(=O)c1cc(C)c(Br)c(S(=O)(=O)Cl)c1. The highest BCUT2D eigenvalue weighted by Crippen LogP contribution is 2.29. The van der Waals surface area contributed by atoms with Crippen molar-refractivity contribution in [1.29, 1.82) is 0 Å². The number of rotatable bonds is 6. The van der Waals surface area contributed by atoms with E-state index in [4.69, 9.17) is 15.4 Å². The number of methoxy groups -OCH3 is 1. The van der Waals surface area contributed by atoms with Crippen LogP contribution >= 0.6 is 26.6 Å². The van der Waals surface area contributed by atoms with E-state index in [0.29, 0.717) is 23.1 Å². The lowest BCUT2D eigenvalue weighted by atomic mass is 10.1. The van der Waals surface area contributed by atoms with Crippen LogP contribution in [0, 0.1) is 6.92 Å². The molecule has 0 fully saturated rings. The molecule has 118 valence electrons. The van der Waals surface area contributed by atoms with Crippen LogP contribution in [-0.4, -0.2) is 34.1 Å². The molecule has 1 N–H and O–H groups in total. The first-order valence-electron chi connectivity index (χ1n) is 6.25. The van der Waals surface area contributed by atoms with Crippen molar-refractivity contribution in [2.24, 2.45) is 0 Å². The van der Waals surface area contributed by atoms with Crippen molar-refractivity contribution in [3.8, 4) is 0 Å². The van der Waals surface area contributed by atoms with Crippen molar-refractivity contribution in [3.63, 3.8) is 0 Å². The third-order valence-corrected chi connectivity index (χ3v) is 5.60. The minimum atomic E-state index is -3.94. The van der Waals surface area contributed by atoms with E-state index < -0.39 is 9.05 Å². The highest BCUT2D eigenvalue weighted by molar-refractivity contribution is 9.10. The molecule has 0 bridgehead atoms. The largest absolute Gasteiger partial charge is 0.383 e. The molecule has 1 aromatic rings. The Morgan fingerprint density at radius 2 is 2.10 bits per heavy atom. The van der Waals surface area contributed by atoms with E-state index >= 15 is 0 Å². The van der Waals surface area contributed by atoms with Gasteiger partial charge in [0.05, 0.1) is 17.5 Å². The van der Waals surface area contributed by atoms with Gasteiger partial charge in [-0.2, -0.15) is 0 Å². The molecule has 1 rings (SSSR count). The summed E-state index contributed by atoms with van der Waals surface area (Å²) in [5.41, 5.74) is 0.853. The molecule has 1 atom stereocenters. The zero-order chi connectivity index (χ0) is 16.2. The Labute approximate surface area is 137 Å². The van der Waals surface area contributed by atoms with Gasteiger partial charge in [0.2, 0.25) is 0 Å². The number of nitrogens with one attached hydrogen (secondary N) is 1. The molecular formula is C13H17BrClNO4S. The minimum absolute atomic E-state index is 0.117. The minimum Gasteiger partial charge on any atom is -0.383 e. The Bertz CT molecular complexity index is 633. The Morgan fingerprint density at radius 1 is 1.48 bits per heavy atom. The molecule has 0 aliphatic rings. The Morgan fingerprint density at radius 3 is 2.57 bits per heavy atom. The van der Waals surface area contributed by atoms with E-state index in [2.05, 4.69) is 21.2 Å². The van der Waals surface area contributed by atoms with Crippen molar-refractivity contribution in [1.82, 2.24) is 5.32 Å². The van der Waals surface area contributed by atoms with Gasteiger partial charge in [0, 0.05) is 27.8 Å². The monoisotopic (exact) mass is 397 g/mol. The molecule has 0 spiro atoms. The quantitative estimate of drug-likeness (QED) is 0.748. The molecule has 5 nitrogen and oxygen atoms in total. The third-order valence-electron chi connectivity index (χ3n) is 2.94. The van der Waals surface area contributed by atoms with Crippen LogP contribution in [0.5, 0.6) is 0 Å². The second-order valence-electron chi connectivity index (χ2n) is 4.58. The first kappa shape index (κ1) is 18.4. The summed E-state index contributed by atoms with van der Waals surface area (Å²) in [5, 5.41) is 2.79. The molecule has 0 radical (unpaired) electrons. The molecule has 0 aliphatic heterocycles. The van der Waals surface area contributed by atoms with Gasteiger partial charge in [-0.05, 0) is 47.0 Å². The van der Waals surface area contributed by atoms with Gasteiger partial charge >= 0.3 is 0 Å². The molecule has 0 aromatic heterocycles. The van der Waals surface area contributed by atoms with Gasteiger partial charge in [0.15, 0.2) is 0 Å². The Balaban J connectivity index is 3.14. The molecule has 0 aliphatic carbocycles. The van der Waals surface area contributed by atoms with Crippen molar-refractivity contribution in [2.75, 3.05) is 13.7 Å². The van der Waals surface area contributed by atoms with E-state index in [0.717, 1.165) is 0 Å². The number of amides is 1. The van der Waals surface area contributed by atoms with Gasteiger partial charge < -0.3 is 10.1 Å². The summed E-state index contributed by atoms with van der Waals surface area (Å²) in [4.78, 5) is 12.1. The maximum absolute atomic E-state index is 12.2. The predicted octanol–water partition coefficient (Wildman–Crippen LogP) is 2.84. The molecular weight excluding hydrogens is 382 g/mol. The number of hydrogen-bond donors (Lipinski definition) is 1. The fraction of sp³-hybridized carbons (Fsp3) is 0.462. The van der Waals surface area contributed by atoms with E-state index in [-0.39, 0.29) is 22.4 Å². The van der Waals surface area contributed by atoms with Crippen LogP contribution in [0.25, 0.3) is 0 Å². The maximum Gasteiger partial charge on any atom is 0.262 e. The topological polar surface area (TPSA) is 72.5 Å². The molecule has 1 unspecified atom stereocenters. The summed E-state index contributed by atoms with van der Waals surface area (Å²) in [6.45, 7) is 4.00. The highest BCUT2D eigenvalue weighted by Gasteiger charge is 2.20. The second-order valence-corrected chi connectivity index (χ2v) is 7.90. The van der Waals surface area contributed by atoms with Crippen molar-refractivity contribution >= 4 is 41.6 Å². The van der Waals surface area contributed by atoms with Crippen molar-refractivity contribution in [3.05, 3.63) is 27.7 Å². The Hall–Kier alpha value is -0.630. The smallest absolute Gasteiger partial charge is 0.262 e. The molecule has 1 amide bonds. The lowest BCUT2D eigenvalue weighted by molar-refractivity contribution is 0.0894. The fourth-order valence-electron chi connectivity index (χ4n) is 1.78. The van der Waals surface area contributed by atoms with Crippen LogP contribution in [0.4, 0.5) is 0 Å². The normalized spacial score (nSPS) is 13.0. The molecule has 21 heavy (non-hydrogen) atoms. The molecule has 0 saturated carbocycles. The predicted molar refractivity (Wildman–Crippen MR) is 85.3 cm³/mol. The van der Waals surface area contributed by atoms with Crippen molar-refractivity contribution < 1.29 is 17.9 Å². The average Bonchev–Trinajstić information content (AvgIpc) is 2.39. The van der Waals surface area contributed by atoms with Crippen LogP contribution < -0.4 is 5.32 Å². The van der Waals surface area contributed by atoms with E-state index in [1.807, 2.05) is 6.92 Å². The van der Waals surface area contributed by atoms with E-state index in [1.54, 1.807) is 20.1 Å². The average molecular weight is 399 g/mol. The standard InChI is InChI=1S/C13H17BrClNO4S/c1-4-10(7-20-3)16-13(17)9-5-8(2)12(14)11(6-9)21(15,18)19/h5-6,10H,4,7H2,1-3H3,(H,16,17). The lowest BCUT2D eigenvalue weighted by Gasteiger charge is -2.16. The van der Waals surface area contributed by atoms with Crippen LogP contribution in [0.2, 0.25) is 0 Å². The highest BCUT2D eigenvalue weighted by atomic mass is 79.9. The van der Waals surface area contributed by atoms with Crippen molar-refractivity contribution in [2.45, 2.75) is 31.2 Å². The number of carbonyl (C=O) groups is 1. The Kier molecular flexibility index (Phi) is 6.65. The van der Waals surface area contributed by atoms with E-state index in [9.17, 15) is 13.2 Å². The third kappa shape index (κ3) is 4.95.